The molecule has 1 aromatic heterocycles. The number of ether oxygens (including phenoxy) is 1. The van der Waals surface area contributed by atoms with Gasteiger partial charge in [-0.2, -0.15) is 0 Å². The Morgan fingerprint density at radius 1 is 0.882 bits per heavy atom. The van der Waals surface area contributed by atoms with Gasteiger partial charge < -0.3 is 9.30 Å². The van der Waals surface area contributed by atoms with Crippen LogP contribution >= 0.6 is 23.2 Å². The van der Waals surface area contributed by atoms with Crippen molar-refractivity contribution in [2.45, 2.75) is 26.7 Å². The van der Waals surface area contributed by atoms with Gasteiger partial charge in [-0.25, -0.2) is 4.79 Å². The van der Waals surface area contributed by atoms with Crippen molar-refractivity contribution in [3.8, 4) is 5.69 Å². The summed E-state index contributed by atoms with van der Waals surface area (Å²) in [7, 11) is 0. The normalized spacial score (nSPS) is 13.5. The summed E-state index contributed by atoms with van der Waals surface area (Å²) in [5.74, 6) is -1.59. The number of aryl methyl sites for hydroxylation is 1. The average molecular weight is 499 g/mol. The Hall–Kier alpha value is -3.42. The second-order valence-electron chi connectivity index (χ2n) is 7.92. The molecule has 1 aliphatic rings. The molecule has 174 valence electrons. The highest BCUT2D eigenvalue weighted by molar-refractivity contribution is 6.34. The van der Waals surface area contributed by atoms with Crippen LogP contribution in [-0.2, 0) is 14.3 Å². The van der Waals surface area contributed by atoms with Crippen molar-refractivity contribution < 1.29 is 23.9 Å². The largest absolute Gasteiger partial charge is 0.454 e. The van der Waals surface area contributed by atoms with Gasteiger partial charge in [-0.15, -0.1) is 0 Å². The van der Waals surface area contributed by atoms with Crippen molar-refractivity contribution in [2.24, 2.45) is 0 Å². The first kappa shape index (κ1) is 23.7. The van der Waals surface area contributed by atoms with Crippen LogP contribution in [0.15, 0.2) is 48.5 Å². The molecule has 0 bridgehead atoms. The fraction of sp³-hybridized carbons (Fsp3) is 0.200. The first-order valence-corrected chi connectivity index (χ1v) is 11.2. The number of imide groups is 1. The van der Waals surface area contributed by atoms with Gasteiger partial charge in [0.05, 0.1) is 11.3 Å². The summed E-state index contributed by atoms with van der Waals surface area (Å²) in [6.45, 7) is 3.20. The number of rotatable bonds is 6. The van der Waals surface area contributed by atoms with E-state index < -0.39 is 12.6 Å². The minimum absolute atomic E-state index is 0.176. The number of esters is 1. The quantitative estimate of drug-likeness (QED) is 0.268. The number of amides is 2. The Balaban J connectivity index is 1.45. The van der Waals surface area contributed by atoms with E-state index >= 15 is 0 Å². The zero-order valence-electron chi connectivity index (χ0n) is 18.4. The predicted molar refractivity (Wildman–Crippen MR) is 128 cm³/mol. The van der Waals surface area contributed by atoms with Gasteiger partial charge in [0.1, 0.15) is 0 Å². The van der Waals surface area contributed by atoms with Crippen molar-refractivity contribution in [1.82, 2.24) is 4.57 Å². The number of anilines is 1. The molecule has 0 spiro atoms. The highest BCUT2D eigenvalue weighted by Crippen LogP contribution is 2.27. The molecule has 2 heterocycles. The first-order chi connectivity index (χ1) is 16.2. The minimum atomic E-state index is -0.686. The van der Waals surface area contributed by atoms with E-state index in [1.165, 1.54) is 24.3 Å². The van der Waals surface area contributed by atoms with Gasteiger partial charge in [-0.3, -0.25) is 19.3 Å². The van der Waals surface area contributed by atoms with Crippen LogP contribution in [0.3, 0.4) is 0 Å². The predicted octanol–water partition coefficient (Wildman–Crippen LogP) is 5.09. The topological polar surface area (TPSA) is 85.7 Å². The number of hydrogen-bond acceptors (Lipinski definition) is 5. The molecular formula is C25H20Cl2N2O5. The molecular weight excluding hydrogens is 479 g/mol. The Bertz CT molecular complexity index is 1290. The smallest absolute Gasteiger partial charge is 0.338 e. The van der Waals surface area contributed by atoms with E-state index in [2.05, 4.69) is 0 Å². The Kier molecular flexibility index (Phi) is 6.59. The summed E-state index contributed by atoms with van der Waals surface area (Å²) in [6, 6.07) is 12.8. The number of Topliss-reactive ketones (excluding diaryl/α,β-unsaturated/α-hetero) is 1. The number of carbonyl (C=O) groups excluding carboxylic acids is 4. The second-order valence-corrected chi connectivity index (χ2v) is 8.79. The van der Waals surface area contributed by atoms with E-state index in [-0.39, 0.29) is 36.0 Å². The summed E-state index contributed by atoms with van der Waals surface area (Å²) >= 11 is 12.2. The second kappa shape index (κ2) is 9.44. The SMILES string of the molecule is Cc1cc(C(=O)COC(=O)c2ccc(N3C(=O)CCC3=O)cc2)c(C)n1-c1cc(Cl)cc(Cl)c1. The third kappa shape index (κ3) is 4.62. The van der Waals surface area contributed by atoms with E-state index in [0.717, 1.165) is 16.3 Å². The van der Waals surface area contributed by atoms with Crippen LogP contribution in [0.2, 0.25) is 10.0 Å². The maximum absolute atomic E-state index is 12.8. The van der Waals surface area contributed by atoms with E-state index in [1.807, 2.05) is 11.5 Å². The summed E-state index contributed by atoms with van der Waals surface area (Å²) in [6.07, 6.45) is 0.353. The fourth-order valence-electron chi connectivity index (χ4n) is 4.01. The molecule has 0 saturated carbocycles. The van der Waals surface area contributed by atoms with Gasteiger partial charge in [0.15, 0.2) is 6.61 Å². The molecule has 1 aliphatic heterocycles. The molecule has 1 fully saturated rings. The van der Waals surface area contributed by atoms with Crippen molar-refractivity contribution >= 4 is 52.5 Å². The average Bonchev–Trinajstić information content (AvgIpc) is 3.28. The van der Waals surface area contributed by atoms with Crippen LogP contribution in [-0.4, -0.2) is 34.7 Å². The number of halogens is 2. The zero-order valence-corrected chi connectivity index (χ0v) is 19.9. The number of ketones is 1. The molecule has 2 amide bonds. The summed E-state index contributed by atoms with van der Waals surface area (Å²) in [4.78, 5) is 50.1. The van der Waals surface area contributed by atoms with Gasteiger partial charge in [0, 0.05) is 45.5 Å². The fourth-order valence-corrected chi connectivity index (χ4v) is 4.53. The van der Waals surface area contributed by atoms with Gasteiger partial charge in [0.25, 0.3) is 0 Å². The van der Waals surface area contributed by atoms with E-state index in [0.29, 0.717) is 27.0 Å². The third-order valence-electron chi connectivity index (χ3n) is 5.58. The monoisotopic (exact) mass is 498 g/mol. The highest BCUT2D eigenvalue weighted by Gasteiger charge is 2.30. The standard InChI is InChI=1S/C25H20Cl2N2O5/c1-14-9-21(15(2)28(14)20-11-17(26)10-18(27)12-20)22(30)13-34-25(33)16-3-5-19(6-4-16)29-23(31)7-8-24(29)32/h3-6,9-12H,7-8,13H2,1-2H3. The molecule has 0 N–H and O–H groups in total. The zero-order chi connectivity index (χ0) is 24.6. The number of nitrogens with zero attached hydrogens (tertiary/aromatic N) is 2. The molecule has 7 nitrogen and oxygen atoms in total. The number of aromatic nitrogens is 1. The van der Waals surface area contributed by atoms with Gasteiger partial charge >= 0.3 is 5.97 Å². The molecule has 4 rings (SSSR count). The summed E-state index contributed by atoms with van der Waals surface area (Å²) < 4.78 is 7.07. The highest BCUT2D eigenvalue weighted by atomic mass is 35.5. The summed E-state index contributed by atoms with van der Waals surface area (Å²) in [5, 5.41) is 0.947. The lowest BCUT2D eigenvalue weighted by molar-refractivity contribution is -0.121. The van der Waals surface area contributed by atoms with Gasteiger partial charge in [-0.1, -0.05) is 23.2 Å². The van der Waals surface area contributed by atoms with Crippen LogP contribution in [0.25, 0.3) is 5.69 Å². The number of hydrogen-bond donors (Lipinski definition) is 0. The maximum Gasteiger partial charge on any atom is 0.338 e. The van der Waals surface area contributed by atoms with Gasteiger partial charge in [0.2, 0.25) is 17.6 Å². The van der Waals surface area contributed by atoms with Crippen molar-refractivity contribution in [3.63, 3.8) is 0 Å². The lowest BCUT2D eigenvalue weighted by Gasteiger charge is -2.14. The van der Waals surface area contributed by atoms with E-state index in [4.69, 9.17) is 27.9 Å². The number of carbonyl (C=O) groups is 4. The third-order valence-corrected chi connectivity index (χ3v) is 6.02. The van der Waals surface area contributed by atoms with Crippen molar-refractivity contribution in [3.05, 3.63) is 81.1 Å². The van der Waals surface area contributed by atoms with Crippen LogP contribution < -0.4 is 4.90 Å². The molecule has 0 aliphatic carbocycles. The lowest BCUT2D eigenvalue weighted by Crippen LogP contribution is -2.28. The van der Waals surface area contributed by atoms with Crippen LogP contribution in [0.1, 0.15) is 44.9 Å². The van der Waals surface area contributed by atoms with Gasteiger partial charge in [-0.05, 0) is 62.4 Å². The molecule has 9 heteroatoms. The molecule has 0 radical (unpaired) electrons. The molecule has 0 unspecified atom stereocenters. The molecule has 1 saturated heterocycles. The Morgan fingerprint density at radius 2 is 1.47 bits per heavy atom. The van der Waals surface area contributed by atoms with Crippen LogP contribution in [0, 0.1) is 13.8 Å². The van der Waals surface area contributed by atoms with Crippen molar-refractivity contribution in [2.75, 3.05) is 11.5 Å². The molecule has 34 heavy (non-hydrogen) atoms. The first-order valence-electron chi connectivity index (χ1n) is 10.5. The molecule has 2 aromatic carbocycles. The molecule has 0 atom stereocenters. The Labute approximate surface area is 205 Å². The Morgan fingerprint density at radius 3 is 2.06 bits per heavy atom. The van der Waals surface area contributed by atoms with Crippen LogP contribution in [0.4, 0.5) is 5.69 Å². The summed E-state index contributed by atoms with van der Waals surface area (Å²) in [5.41, 5.74) is 3.21. The van der Waals surface area contributed by atoms with E-state index in [9.17, 15) is 19.2 Å². The van der Waals surface area contributed by atoms with Crippen molar-refractivity contribution in [1.29, 1.82) is 0 Å². The van der Waals surface area contributed by atoms with E-state index in [1.54, 1.807) is 31.2 Å². The molecule has 3 aromatic rings. The maximum atomic E-state index is 12.8. The number of benzene rings is 2. The van der Waals surface area contributed by atoms with Crippen LogP contribution in [0.5, 0.6) is 0 Å². The lowest BCUT2D eigenvalue weighted by atomic mass is 10.1. The minimum Gasteiger partial charge on any atom is -0.454 e.